The summed E-state index contributed by atoms with van der Waals surface area (Å²) in [5.41, 5.74) is -6.64. The van der Waals surface area contributed by atoms with Gasteiger partial charge in [0.05, 0.1) is 27.0 Å². The second kappa shape index (κ2) is 6.74. The van der Waals surface area contributed by atoms with E-state index >= 15 is 0 Å². The van der Waals surface area contributed by atoms with Gasteiger partial charge in [0, 0.05) is 11.8 Å². The molecule has 2 rings (SSSR count). The molecule has 7 nitrogen and oxygen atoms in total. The third-order valence-electron chi connectivity index (χ3n) is 3.30. The maximum Gasteiger partial charge on any atom is 0.418 e. The van der Waals surface area contributed by atoms with E-state index in [0.29, 0.717) is 18.2 Å². The Morgan fingerprint density at radius 2 is 1.37 bits per heavy atom. The Bertz CT molecular complexity index is 893. The molecule has 0 amide bonds. The molecule has 0 aliphatic rings. The first kappa shape index (κ1) is 19.9. The molecule has 0 spiro atoms. The molecule has 0 saturated heterocycles. The van der Waals surface area contributed by atoms with Gasteiger partial charge in [0.2, 0.25) is 0 Å². The van der Waals surface area contributed by atoms with Crippen LogP contribution in [-0.4, -0.2) is 9.85 Å². The number of halogens is 6. The largest absolute Gasteiger partial charge is 0.418 e. The van der Waals surface area contributed by atoms with Gasteiger partial charge in [-0.05, 0) is 24.3 Å². The topological polar surface area (TPSA) is 98.3 Å². The number of alkyl halides is 6. The zero-order valence-corrected chi connectivity index (χ0v) is 12.8. The number of nitrogens with zero attached hydrogens (tertiary/aromatic N) is 2. The number of anilines is 2. The number of nitrogens with one attached hydrogen (secondary N) is 1. The lowest BCUT2D eigenvalue weighted by molar-refractivity contribution is -0.394. The van der Waals surface area contributed by atoms with Gasteiger partial charge >= 0.3 is 12.4 Å². The van der Waals surface area contributed by atoms with Crippen LogP contribution in [0.3, 0.4) is 0 Å². The summed E-state index contributed by atoms with van der Waals surface area (Å²) in [5.74, 6) is 0. The monoisotopic (exact) mass is 395 g/mol. The minimum atomic E-state index is -5.20. The highest BCUT2D eigenvalue weighted by atomic mass is 19.4. The van der Waals surface area contributed by atoms with Gasteiger partial charge in [0.15, 0.2) is 0 Å². The normalized spacial score (nSPS) is 11.9. The molecule has 144 valence electrons. The molecule has 1 N–H and O–H groups in total. The SMILES string of the molecule is O=[N+]([O-])c1cc([N+](=O)[O-])c(Nc2ccc(C(F)(F)F)cc2)c(C(F)(F)F)c1. The van der Waals surface area contributed by atoms with E-state index in [9.17, 15) is 46.6 Å². The van der Waals surface area contributed by atoms with Gasteiger partial charge in [-0.2, -0.15) is 26.3 Å². The van der Waals surface area contributed by atoms with E-state index in [0.717, 1.165) is 12.1 Å². The molecule has 0 unspecified atom stereocenters. The van der Waals surface area contributed by atoms with Crippen LogP contribution in [-0.2, 0) is 12.4 Å². The van der Waals surface area contributed by atoms with Crippen LogP contribution in [0.5, 0.6) is 0 Å². The molecule has 2 aromatic carbocycles. The molecular formula is C14H7F6N3O4. The van der Waals surface area contributed by atoms with Crippen molar-refractivity contribution in [3.8, 4) is 0 Å². The van der Waals surface area contributed by atoms with E-state index in [1.165, 1.54) is 0 Å². The highest BCUT2D eigenvalue weighted by molar-refractivity contribution is 5.76. The van der Waals surface area contributed by atoms with Crippen LogP contribution in [0.25, 0.3) is 0 Å². The van der Waals surface area contributed by atoms with Crippen molar-refractivity contribution in [3.63, 3.8) is 0 Å². The Kier molecular flexibility index (Phi) is 4.97. The first-order chi connectivity index (χ1) is 12.3. The number of nitro benzene ring substituents is 2. The third kappa shape index (κ3) is 4.43. The van der Waals surface area contributed by atoms with Gasteiger partial charge in [0.1, 0.15) is 5.69 Å². The van der Waals surface area contributed by atoms with Crippen LogP contribution >= 0.6 is 0 Å². The van der Waals surface area contributed by atoms with E-state index < -0.39 is 50.4 Å². The fourth-order valence-corrected chi connectivity index (χ4v) is 2.10. The van der Waals surface area contributed by atoms with Gasteiger partial charge < -0.3 is 5.32 Å². The summed E-state index contributed by atoms with van der Waals surface area (Å²) in [6, 6.07) is 3.09. The predicted molar refractivity (Wildman–Crippen MR) is 79.5 cm³/mol. The molecule has 13 heteroatoms. The second-order valence-corrected chi connectivity index (χ2v) is 5.10. The summed E-state index contributed by atoms with van der Waals surface area (Å²) in [4.78, 5) is 19.3. The van der Waals surface area contributed by atoms with E-state index in [-0.39, 0.29) is 11.8 Å². The smallest absolute Gasteiger partial charge is 0.349 e. The van der Waals surface area contributed by atoms with E-state index in [1.807, 2.05) is 5.32 Å². The van der Waals surface area contributed by atoms with Crippen molar-refractivity contribution < 1.29 is 36.2 Å². The van der Waals surface area contributed by atoms with Crippen LogP contribution < -0.4 is 5.32 Å². The maximum atomic E-state index is 13.2. The van der Waals surface area contributed by atoms with Crippen LogP contribution in [0.1, 0.15) is 11.1 Å². The number of hydrogen-bond donors (Lipinski definition) is 1. The summed E-state index contributed by atoms with van der Waals surface area (Å²) in [6.07, 6.45) is -9.89. The lowest BCUT2D eigenvalue weighted by Crippen LogP contribution is -2.12. The van der Waals surface area contributed by atoms with E-state index in [4.69, 9.17) is 0 Å². The number of hydrogen-bond acceptors (Lipinski definition) is 5. The van der Waals surface area contributed by atoms with Crippen molar-refractivity contribution >= 4 is 22.7 Å². The predicted octanol–water partition coefficient (Wildman–Crippen LogP) is 5.28. The number of non-ortho nitro benzene ring substituents is 1. The first-order valence-electron chi connectivity index (χ1n) is 6.79. The molecule has 0 aliphatic heterocycles. The van der Waals surface area contributed by atoms with E-state index in [2.05, 4.69) is 0 Å². The van der Waals surface area contributed by atoms with Crippen LogP contribution in [0.2, 0.25) is 0 Å². The molecule has 0 atom stereocenters. The molecule has 0 radical (unpaired) electrons. The summed E-state index contributed by atoms with van der Waals surface area (Å²) >= 11 is 0. The third-order valence-corrected chi connectivity index (χ3v) is 3.30. The Morgan fingerprint density at radius 3 is 1.78 bits per heavy atom. The Hall–Kier alpha value is -3.38. The fraction of sp³-hybridized carbons (Fsp3) is 0.143. The van der Waals surface area contributed by atoms with Crippen LogP contribution in [0, 0.1) is 20.2 Å². The average Bonchev–Trinajstić information content (AvgIpc) is 2.53. The van der Waals surface area contributed by atoms with E-state index in [1.54, 1.807) is 0 Å². The number of benzene rings is 2. The van der Waals surface area contributed by atoms with Crippen molar-refractivity contribution in [2.75, 3.05) is 5.32 Å². The van der Waals surface area contributed by atoms with Crippen molar-refractivity contribution in [3.05, 3.63) is 67.8 Å². The minimum absolute atomic E-state index is 0.0966. The summed E-state index contributed by atoms with van der Waals surface area (Å²) in [7, 11) is 0. The van der Waals surface area contributed by atoms with Gasteiger partial charge in [-0.3, -0.25) is 20.2 Å². The Labute approximate surface area is 145 Å². The zero-order chi connectivity index (χ0) is 20.6. The number of rotatable bonds is 4. The molecule has 0 fully saturated rings. The standard InChI is InChI=1S/C14H7F6N3O4/c15-13(16,17)7-1-3-8(4-2-7)21-12-10(14(18,19)20)5-9(22(24)25)6-11(12)23(26)27/h1-6,21H. The van der Waals surface area contributed by atoms with Crippen LogP contribution in [0.4, 0.5) is 49.1 Å². The lowest BCUT2D eigenvalue weighted by Gasteiger charge is -2.15. The summed E-state index contributed by atoms with van der Waals surface area (Å²) in [6.45, 7) is 0. The summed E-state index contributed by atoms with van der Waals surface area (Å²) < 4.78 is 77.3. The Balaban J connectivity index is 2.60. The van der Waals surface area contributed by atoms with Gasteiger partial charge in [-0.1, -0.05) is 0 Å². The molecule has 0 aliphatic carbocycles. The highest BCUT2D eigenvalue weighted by Gasteiger charge is 2.39. The summed E-state index contributed by atoms with van der Waals surface area (Å²) in [5, 5.41) is 23.8. The first-order valence-corrected chi connectivity index (χ1v) is 6.79. The molecule has 0 bridgehead atoms. The molecule has 0 saturated carbocycles. The van der Waals surface area contributed by atoms with Gasteiger partial charge in [0.25, 0.3) is 11.4 Å². The maximum absolute atomic E-state index is 13.2. The zero-order valence-electron chi connectivity index (χ0n) is 12.8. The van der Waals surface area contributed by atoms with Crippen molar-refractivity contribution in [2.24, 2.45) is 0 Å². The fourth-order valence-electron chi connectivity index (χ4n) is 2.10. The molecule has 0 heterocycles. The van der Waals surface area contributed by atoms with Crippen molar-refractivity contribution in [1.82, 2.24) is 0 Å². The molecular weight excluding hydrogens is 388 g/mol. The molecule has 0 aromatic heterocycles. The molecule has 2 aromatic rings. The van der Waals surface area contributed by atoms with Crippen molar-refractivity contribution in [2.45, 2.75) is 12.4 Å². The van der Waals surface area contributed by atoms with Crippen molar-refractivity contribution in [1.29, 1.82) is 0 Å². The average molecular weight is 395 g/mol. The van der Waals surface area contributed by atoms with Gasteiger partial charge in [-0.15, -0.1) is 0 Å². The minimum Gasteiger partial charge on any atom is -0.349 e. The van der Waals surface area contributed by atoms with Crippen LogP contribution in [0.15, 0.2) is 36.4 Å². The molecule has 27 heavy (non-hydrogen) atoms. The second-order valence-electron chi connectivity index (χ2n) is 5.10. The van der Waals surface area contributed by atoms with Gasteiger partial charge in [-0.25, -0.2) is 0 Å². The lowest BCUT2D eigenvalue weighted by atomic mass is 10.1. The number of nitro groups is 2. The highest BCUT2D eigenvalue weighted by Crippen LogP contribution is 2.43. The quantitative estimate of drug-likeness (QED) is 0.431. The Morgan fingerprint density at radius 1 is 0.815 bits per heavy atom.